The topological polar surface area (TPSA) is 59.4 Å². The number of halogens is 1. The molecule has 0 aliphatic heterocycles. The van der Waals surface area contributed by atoms with Crippen LogP contribution < -0.4 is 34.3 Å². The van der Waals surface area contributed by atoms with Gasteiger partial charge in [0, 0.05) is 16.7 Å². The molecule has 0 aliphatic carbocycles. The van der Waals surface area contributed by atoms with Crippen LogP contribution in [-0.4, -0.2) is 22.7 Å². The van der Waals surface area contributed by atoms with E-state index in [0.29, 0.717) is 28.8 Å². The standard InChI is InChI=1S/C17H18ClNO3.Na.H/c1-4-22-14-9-13(11-5-7-12(18)8-6-11)19-16(10(2)3)15(14)17(20)21;;/h5-10H,4H2,1-3H3,(H,20,21);;/q;+1;-1. The number of carboxylic acids is 1. The van der Waals surface area contributed by atoms with Crippen LogP contribution in [0.5, 0.6) is 5.75 Å². The van der Waals surface area contributed by atoms with Gasteiger partial charge in [-0.2, -0.15) is 0 Å². The second kappa shape index (κ2) is 8.69. The van der Waals surface area contributed by atoms with Crippen molar-refractivity contribution in [3.63, 3.8) is 0 Å². The Labute approximate surface area is 164 Å². The summed E-state index contributed by atoms with van der Waals surface area (Å²) in [4.78, 5) is 16.1. The number of ether oxygens (including phenoxy) is 1. The van der Waals surface area contributed by atoms with Gasteiger partial charge in [0.05, 0.1) is 18.0 Å². The number of hydrogen-bond donors (Lipinski definition) is 1. The molecule has 0 radical (unpaired) electrons. The molecule has 0 amide bonds. The van der Waals surface area contributed by atoms with Gasteiger partial charge in [0.25, 0.3) is 0 Å². The molecule has 0 saturated carbocycles. The van der Waals surface area contributed by atoms with Crippen molar-refractivity contribution in [3.05, 3.63) is 46.6 Å². The van der Waals surface area contributed by atoms with Gasteiger partial charge in [-0.05, 0) is 25.0 Å². The predicted octanol–water partition coefficient (Wildman–Crippen LogP) is 1.74. The molecular formula is C17H19ClNNaO3. The van der Waals surface area contributed by atoms with Crippen molar-refractivity contribution in [1.29, 1.82) is 0 Å². The summed E-state index contributed by atoms with van der Waals surface area (Å²) in [5.41, 5.74) is 2.19. The van der Waals surface area contributed by atoms with Gasteiger partial charge >= 0.3 is 35.5 Å². The smallest absolute Gasteiger partial charge is 1.00 e. The van der Waals surface area contributed by atoms with Gasteiger partial charge in [0.1, 0.15) is 11.3 Å². The second-order valence-electron chi connectivity index (χ2n) is 5.17. The fraction of sp³-hybridized carbons (Fsp3) is 0.294. The van der Waals surface area contributed by atoms with Crippen molar-refractivity contribution < 1.29 is 45.6 Å². The van der Waals surface area contributed by atoms with E-state index in [1.54, 1.807) is 18.2 Å². The molecule has 1 aromatic heterocycles. The number of carbonyl (C=O) groups is 1. The van der Waals surface area contributed by atoms with Gasteiger partial charge in [-0.3, -0.25) is 4.98 Å². The normalized spacial score (nSPS) is 10.3. The first kappa shape index (κ1) is 20.0. The van der Waals surface area contributed by atoms with Crippen LogP contribution in [0.15, 0.2) is 30.3 Å². The van der Waals surface area contributed by atoms with E-state index < -0.39 is 5.97 Å². The average Bonchev–Trinajstić information content (AvgIpc) is 2.47. The van der Waals surface area contributed by atoms with E-state index in [1.165, 1.54) is 0 Å². The van der Waals surface area contributed by atoms with Crippen molar-refractivity contribution in [2.45, 2.75) is 26.7 Å². The molecule has 23 heavy (non-hydrogen) atoms. The summed E-state index contributed by atoms with van der Waals surface area (Å²) in [5, 5.41) is 10.1. The summed E-state index contributed by atoms with van der Waals surface area (Å²) < 4.78 is 5.53. The van der Waals surface area contributed by atoms with Gasteiger partial charge in [0.2, 0.25) is 0 Å². The Kier molecular flexibility index (Phi) is 7.55. The first-order valence-corrected chi connectivity index (χ1v) is 7.48. The molecule has 2 aromatic rings. The Morgan fingerprint density at radius 3 is 2.43 bits per heavy atom. The Morgan fingerprint density at radius 1 is 1.35 bits per heavy atom. The van der Waals surface area contributed by atoms with Crippen molar-refractivity contribution in [3.8, 4) is 17.0 Å². The number of benzene rings is 1. The maximum atomic E-state index is 11.6. The summed E-state index contributed by atoms with van der Waals surface area (Å²) in [6, 6.07) is 8.93. The van der Waals surface area contributed by atoms with Crippen LogP contribution in [0.1, 0.15) is 44.2 Å². The Balaban J connectivity index is 0.00000264. The number of pyridine rings is 1. The minimum atomic E-state index is -1.03. The molecule has 1 aromatic carbocycles. The van der Waals surface area contributed by atoms with Crippen LogP contribution in [0.4, 0.5) is 0 Å². The molecule has 118 valence electrons. The molecular weight excluding hydrogens is 325 g/mol. The summed E-state index contributed by atoms with van der Waals surface area (Å²) >= 11 is 5.91. The Hall–Kier alpha value is -1.07. The summed E-state index contributed by atoms with van der Waals surface area (Å²) in [5.74, 6) is -0.710. The molecule has 0 fully saturated rings. The molecule has 0 saturated heterocycles. The van der Waals surface area contributed by atoms with Crippen molar-refractivity contribution >= 4 is 17.6 Å². The average molecular weight is 344 g/mol. The molecule has 2 rings (SSSR count). The summed E-state index contributed by atoms with van der Waals surface area (Å²) in [7, 11) is 0. The monoisotopic (exact) mass is 343 g/mol. The molecule has 6 heteroatoms. The Morgan fingerprint density at radius 2 is 1.96 bits per heavy atom. The maximum Gasteiger partial charge on any atom is 1.00 e. The number of aromatic carboxylic acids is 1. The van der Waals surface area contributed by atoms with Crippen LogP contribution in [0.25, 0.3) is 11.3 Å². The van der Waals surface area contributed by atoms with E-state index in [1.807, 2.05) is 32.9 Å². The maximum absolute atomic E-state index is 11.6. The zero-order valence-electron chi connectivity index (χ0n) is 14.8. The number of hydrogen-bond acceptors (Lipinski definition) is 3. The third-order valence-electron chi connectivity index (χ3n) is 3.21. The number of carboxylic acid groups (broad SMARTS) is 1. The van der Waals surface area contributed by atoms with Crippen molar-refractivity contribution in [2.75, 3.05) is 6.61 Å². The van der Waals surface area contributed by atoms with Gasteiger partial charge in [-0.25, -0.2) is 4.79 Å². The first-order valence-electron chi connectivity index (χ1n) is 7.11. The van der Waals surface area contributed by atoms with E-state index in [-0.39, 0.29) is 42.5 Å². The minimum Gasteiger partial charge on any atom is -1.00 e. The van der Waals surface area contributed by atoms with E-state index >= 15 is 0 Å². The molecule has 0 atom stereocenters. The fourth-order valence-corrected chi connectivity index (χ4v) is 2.34. The zero-order valence-corrected chi connectivity index (χ0v) is 16.5. The van der Waals surface area contributed by atoms with Crippen molar-refractivity contribution in [2.24, 2.45) is 0 Å². The van der Waals surface area contributed by atoms with Gasteiger partial charge in [-0.1, -0.05) is 37.6 Å². The quantitative estimate of drug-likeness (QED) is 0.840. The zero-order chi connectivity index (χ0) is 16.3. The molecule has 1 N–H and O–H groups in total. The fourth-order valence-electron chi connectivity index (χ4n) is 2.21. The van der Waals surface area contributed by atoms with Gasteiger partial charge in [-0.15, -0.1) is 0 Å². The molecule has 4 nitrogen and oxygen atoms in total. The number of aromatic nitrogens is 1. The van der Waals surface area contributed by atoms with Gasteiger partial charge < -0.3 is 11.3 Å². The predicted molar refractivity (Wildman–Crippen MR) is 88.0 cm³/mol. The van der Waals surface area contributed by atoms with Crippen molar-refractivity contribution in [1.82, 2.24) is 4.98 Å². The number of rotatable bonds is 5. The number of nitrogens with zero attached hydrogens (tertiary/aromatic N) is 1. The summed E-state index contributed by atoms with van der Waals surface area (Å²) in [6.45, 7) is 6.04. The van der Waals surface area contributed by atoms with Crippen LogP contribution >= 0.6 is 11.6 Å². The molecule has 1 heterocycles. The summed E-state index contributed by atoms with van der Waals surface area (Å²) in [6.07, 6.45) is 0. The van der Waals surface area contributed by atoms with Gasteiger partial charge in [0.15, 0.2) is 0 Å². The van der Waals surface area contributed by atoms with Crippen LogP contribution in [0.3, 0.4) is 0 Å². The van der Waals surface area contributed by atoms with E-state index in [9.17, 15) is 9.90 Å². The molecule has 0 unspecified atom stereocenters. The third-order valence-corrected chi connectivity index (χ3v) is 3.46. The van der Waals surface area contributed by atoms with E-state index in [2.05, 4.69) is 4.98 Å². The van der Waals surface area contributed by atoms with Crippen LogP contribution in [-0.2, 0) is 0 Å². The first-order chi connectivity index (χ1) is 10.4. The molecule has 0 spiro atoms. The van der Waals surface area contributed by atoms with Crippen LogP contribution in [0.2, 0.25) is 5.02 Å². The molecule has 0 bridgehead atoms. The van der Waals surface area contributed by atoms with E-state index in [0.717, 1.165) is 5.56 Å². The minimum absolute atomic E-state index is 0. The third kappa shape index (κ3) is 4.70. The van der Waals surface area contributed by atoms with Crippen LogP contribution in [0, 0.1) is 0 Å². The second-order valence-corrected chi connectivity index (χ2v) is 5.60. The SMILES string of the molecule is CCOc1cc(-c2ccc(Cl)cc2)nc(C(C)C)c1C(=O)O.[H-].[Na+]. The Bertz CT molecular complexity index is 693. The molecule has 0 aliphatic rings. The largest absolute Gasteiger partial charge is 1.00 e. The van der Waals surface area contributed by atoms with E-state index in [4.69, 9.17) is 16.3 Å².